The van der Waals surface area contributed by atoms with Gasteiger partial charge in [0.25, 0.3) is 0 Å². The Morgan fingerprint density at radius 2 is 2.22 bits per heavy atom. The van der Waals surface area contributed by atoms with E-state index in [4.69, 9.17) is 16.3 Å². The first-order valence-corrected chi connectivity index (χ1v) is 5.98. The Balaban J connectivity index is 3.09. The third-order valence-electron chi connectivity index (χ3n) is 2.38. The van der Waals surface area contributed by atoms with Crippen LogP contribution in [0, 0.1) is 0 Å². The molecule has 1 atom stereocenters. The quantitative estimate of drug-likeness (QED) is 0.624. The molecule has 1 heterocycles. The van der Waals surface area contributed by atoms with Gasteiger partial charge in [-0.05, 0) is 13.8 Å². The molecule has 0 aliphatic rings. The van der Waals surface area contributed by atoms with Gasteiger partial charge in [0.1, 0.15) is 6.04 Å². The second-order valence-electron chi connectivity index (χ2n) is 3.47. The summed E-state index contributed by atoms with van der Waals surface area (Å²) in [7, 11) is 1.52. The number of alkyl halides is 1. The molecule has 0 fully saturated rings. The van der Waals surface area contributed by atoms with Crippen LogP contribution in [0.5, 0.6) is 0 Å². The number of carbonyl (C=O) groups excluding carboxylic acids is 2. The molecule has 1 aromatic heterocycles. The third kappa shape index (κ3) is 2.79. The van der Waals surface area contributed by atoms with E-state index in [9.17, 15) is 9.59 Å². The number of esters is 1. The molecule has 0 aromatic carbocycles. The molecule has 0 aliphatic carbocycles. The maximum Gasteiger partial charge on any atom is 0.360 e. The molecule has 18 heavy (non-hydrogen) atoms. The van der Waals surface area contributed by atoms with Gasteiger partial charge < -0.3 is 10.1 Å². The van der Waals surface area contributed by atoms with Crippen molar-refractivity contribution in [3.63, 3.8) is 0 Å². The molecule has 1 amide bonds. The number of halogens is 1. The maximum absolute atomic E-state index is 11.6. The van der Waals surface area contributed by atoms with Crippen LogP contribution in [0.1, 0.15) is 36.1 Å². The summed E-state index contributed by atoms with van der Waals surface area (Å²) >= 11 is 5.77. The molecule has 0 bridgehead atoms. The largest absolute Gasteiger partial charge is 0.461 e. The van der Waals surface area contributed by atoms with E-state index in [0.29, 0.717) is 5.69 Å². The van der Waals surface area contributed by atoms with Gasteiger partial charge in [-0.1, -0.05) is 5.21 Å². The highest BCUT2D eigenvalue weighted by Crippen LogP contribution is 2.15. The number of carbonyl (C=O) groups is 2. The molecule has 1 aromatic rings. The minimum absolute atomic E-state index is 0.0164. The lowest BCUT2D eigenvalue weighted by Gasteiger charge is -2.12. The fourth-order valence-electron chi connectivity index (χ4n) is 1.43. The Morgan fingerprint density at radius 1 is 1.56 bits per heavy atom. The van der Waals surface area contributed by atoms with Crippen LogP contribution in [-0.4, -0.2) is 40.5 Å². The van der Waals surface area contributed by atoms with Gasteiger partial charge in [-0.25, -0.2) is 9.48 Å². The van der Waals surface area contributed by atoms with Crippen molar-refractivity contribution in [1.29, 1.82) is 0 Å². The summed E-state index contributed by atoms with van der Waals surface area (Å²) in [6, 6.07) is -0.598. The van der Waals surface area contributed by atoms with E-state index in [1.54, 1.807) is 13.8 Å². The highest BCUT2D eigenvalue weighted by molar-refractivity contribution is 6.17. The fourth-order valence-corrected chi connectivity index (χ4v) is 1.68. The molecular weight excluding hydrogens is 260 g/mol. The van der Waals surface area contributed by atoms with Crippen molar-refractivity contribution in [3.8, 4) is 0 Å². The second-order valence-corrected chi connectivity index (χ2v) is 3.74. The lowest BCUT2D eigenvalue weighted by Crippen LogP contribution is -2.29. The van der Waals surface area contributed by atoms with Crippen molar-refractivity contribution in [3.05, 3.63) is 11.4 Å². The van der Waals surface area contributed by atoms with Gasteiger partial charge in [-0.2, -0.15) is 0 Å². The minimum atomic E-state index is -0.598. The van der Waals surface area contributed by atoms with Gasteiger partial charge in [0.05, 0.1) is 18.2 Å². The molecule has 1 unspecified atom stereocenters. The van der Waals surface area contributed by atoms with Gasteiger partial charge >= 0.3 is 5.97 Å². The summed E-state index contributed by atoms with van der Waals surface area (Å²) in [4.78, 5) is 23.1. The van der Waals surface area contributed by atoms with Crippen molar-refractivity contribution in [2.45, 2.75) is 25.8 Å². The molecule has 7 nitrogen and oxygen atoms in total. The van der Waals surface area contributed by atoms with Crippen LogP contribution in [0.4, 0.5) is 0 Å². The summed E-state index contributed by atoms with van der Waals surface area (Å²) in [5, 5.41) is 9.99. The number of amides is 1. The van der Waals surface area contributed by atoms with Gasteiger partial charge in [-0.3, -0.25) is 4.79 Å². The average molecular weight is 275 g/mol. The zero-order valence-corrected chi connectivity index (χ0v) is 11.2. The molecule has 100 valence electrons. The van der Waals surface area contributed by atoms with Gasteiger partial charge in [-0.15, -0.1) is 16.7 Å². The first-order chi connectivity index (χ1) is 8.56. The lowest BCUT2D eigenvalue weighted by molar-refractivity contribution is -0.123. The topological polar surface area (TPSA) is 86.1 Å². The number of hydrogen-bond acceptors (Lipinski definition) is 5. The predicted octanol–water partition coefficient (Wildman–Crippen LogP) is 0.501. The van der Waals surface area contributed by atoms with Crippen molar-refractivity contribution in [2.75, 3.05) is 13.7 Å². The molecule has 1 N–H and O–H groups in total. The van der Waals surface area contributed by atoms with Crippen molar-refractivity contribution in [1.82, 2.24) is 20.3 Å². The number of likely N-dealkylation sites (N-methyl/N-ethyl adjacent to an activating group) is 1. The Bertz CT molecular complexity index is 446. The summed E-state index contributed by atoms with van der Waals surface area (Å²) in [6.45, 7) is 3.56. The van der Waals surface area contributed by atoms with E-state index in [1.165, 1.54) is 11.7 Å². The van der Waals surface area contributed by atoms with Crippen LogP contribution < -0.4 is 5.32 Å². The van der Waals surface area contributed by atoms with E-state index in [2.05, 4.69) is 15.6 Å². The first-order valence-electron chi connectivity index (χ1n) is 5.45. The molecule has 0 aliphatic heterocycles. The van der Waals surface area contributed by atoms with Crippen LogP contribution in [0.2, 0.25) is 0 Å². The second kappa shape index (κ2) is 6.34. The van der Waals surface area contributed by atoms with E-state index in [1.807, 2.05) is 0 Å². The number of ether oxygens (including phenoxy) is 1. The number of rotatable bonds is 5. The normalized spacial score (nSPS) is 12.0. The SMILES string of the molecule is CCOC(=O)c1nnn(C(C)C(=O)NC)c1CCl. The Morgan fingerprint density at radius 3 is 2.72 bits per heavy atom. The molecular formula is C10H15ClN4O3. The van der Waals surface area contributed by atoms with Gasteiger partial charge in [0.2, 0.25) is 5.91 Å². The van der Waals surface area contributed by atoms with E-state index < -0.39 is 12.0 Å². The Kier molecular flexibility index (Phi) is 5.08. The molecule has 0 radical (unpaired) electrons. The number of hydrogen-bond donors (Lipinski definition) is 1. The zero-order valence-electron chi connectivity index (χ0n) is 10.4. The Labute approximate surface area is 109 Å². The van der Waals surface area contributed by atoms with E-state index in [0.717, 1.165) is 0 Å². The fraction of sp³-hybridized carbons (Fsp3) is 0.600. The Hall–Kier alpha value is -1.63. The molecule has 0 saturated heterocycles. The summed E-state index contributed by atoms with van der Waals surface area (Å²) < 4.78 is 6.15. The molecule has 0 saturated carbocycles. The maximum atomic E-state index is 11.6. The molecule has 0 spiro atoms. The molecule has 8 heteroatoms. The monoisotopic (exact) mass is 274 g/mol. The third-order valence-corrected chi connectivity index (χ3v) is 2.63. The predicted molar refractivity (Wildman–Crippen MR) is 64.3 cm³/mol. The van der Waals surface area contributed by atoms with Crippen molar-refractivity contribution in [2.24, 2.45) is 0 Å². The zero-order chi connectivity index (χ0) is 13.7. The number of nitrogens with zero attached hydrogens (tertiary/aromatic N) is 3. The van der Waals surface area contributed by atoms with Crippen LogP contribution in [0.15, 0.2) is 0 Å². The first kappa shape index (κ1) is 14.4. The lowest BCUT2D eigenvalue weighted by atomic mass is 10.3. The van der Waals surface area contributed by atoms with Gasteiger partial charge in [0, 0.05) is 7.05 Å². The minimum Gasteiger partial charge on any atom is -0.461 e. The van der Waals surface area contributed by atoms with Gasteiger partial charge in [0.15, 0.2) is 5.69 Å². The summed E-state index contributed by atoms with van der Waals surface area (Å²) in [6.07, 6.45) is 0. The smallest absolute Gasteiger partial charge is 0.360 e. The summed E-state index contributed by atoms with van der Waals surface area (Å²) in [5.74, 6) is -0.826. The van der Waals surface area contributed by atoms with E-state index in [-0.39, 0.29) is 24.1 Å². The average Bonchev–Trinajstić information content (AvgIpc) is 2.80. The number of aromatic nitrogens is 3. The van der Waals surface area contributed by atoms with Crippen LogP contribution in [-0.2, 0) is 15.4 Å². The van der Waals surface area contributed by atoms with Crippen LogP contribution in [0.3, 0.4) is 0 Å². The highest BCUT2D eigenvalue weighted by Gasteiger charge is 2.25. The van der Waals surface area contributed by atoms with Crippen LogP contribution in [0.25, 0.3) is 0 Å². The van der Waals surface area contributed by atoms with Crippen LogP contribution >= 0.6 is 11.6 Å². The summed E-state index contributed by atoms with van der Waals surface area (Å²) in [5.41, 5.74) is 0.411. The standard InChI is InChI=1S/C10H15ClN4O3/c1-4-18-10(17)8-7(5-11)15(14-13-8)6(2)9(16)12-3/h6H,4-5H2,1-3H3,(H,12,16). The van der Waals surface area contributed by atoms with Crippen molar-refractivity contribution < 1.29 is 14.3 Å². The highest BCUT2D eigenvalue weighted by atomic mass is 35.5. The van der Waals surface area contributed by atoms with Crippen molar-refractivity contribution >= 4 is 23.5 Å². The number of nitrogens with one attached hydrogen (secondary N) is 1. The molecule has 1 rings (SSSR count). The van der Waals surface area contributed by atoms with E-state index >= 15 is 0 Å².